The second kappa shape index (κ2) is 12.4. The topological polar surface area (TPSA) is 48.0 Å². The van der Waals surface area contributed by atoms with Crippen LogP contribution in [-0.2, 0) is 0 Å². The van der Waals surface area contributed by atoms with Crippen molar-refractivity contribution < 1.29 is 19.0 Å². The third kappa shape index (κ3) is 6.43. The van der Waals surface area contributed by atoms with Crippen molar-refractivity contribution in [3.05, 3.63) is 17.7 Å². The summed E-state index contributed by atoms with van der Waals surface area (Å²) in [5, 5.41) is 0. The maximum atomic E-state index is 13.1. The van der Waals surface area contributed by atoms with Crippen LogP contribution in [0.25, 0.3) is 0 Å². The van der Waals surface area contributed by atoms with E-state index in [9.17, 15) is 4.79 Å². The number of hydrogen-bond donors (Lipinski definition) is 0. The molecule has 0 radical (unpaired) electrons. The normalized spacial score (nSPS) is 10.5. The fraction of sp³-hybridized carbons (Fsp3) is 0.667. The van der Waals surface area contributed by atoms with Gasteiger partial charge in [0.1, 0.15) is 0 Å². The number of nitrogens with zero attached hydrogens (tertiary/aromatic N) is 1. The van der Waals surface area contributed by atoms with Gasteiger partial charge in [0, 0.05) is 18.7 Å². The van der Waals surface area contributed by atoms with Crippen molar-refractivity contribution in [1.29, 1.82) is 0 Å². The minimum atomic E-state index is 0.0249. The maximum absolute atomic E-state index is 13.1. The summed E-state index contributed by atoms with van der Waals surface area (Å²) in [7, 11) is 0. The Morgan fingerprint density at radius 3 is 1.65 bits per heavy atom. The van der Waals surface area contributed by atoms with Gasteiger partial charge >= 0.3 is 0 Å². The van der Waals surface area contributed by atoms with Crippen LogP contribution in [-0.4, -0.2) is 43.7 Å². The molecule has 1 aromatic rings. The minimum absolute atomic E-state index is 0.0249. The Bertz CT molecular complexity index is 510. The molecule has 0 heterocycles. The lowest BCUT2D eigenvalue weighted by Crippen LogP contribution is -2.33. The lowest BCUT2D eigenvalue weighted by Gasteiger charge is -2.24. The second-order valence-corrected chi connectivity index (χ2v) is 6.10. The van der Waals surface area contributed by atoms with Crippen molar-refractivity contribution in [2.75, 3.05) is 32.9 Å². The van der Waals surface area contributed by atoms with E-state index in [1.807, 2.05) is 25.7 Å². The SMILES string of the molecule is CCCCN(CCCC)C(=O)c1cc(OCC)c(OCC)c(OCC)c1. The van der Waals surface area contributed by atoms with Gasteiger partial charge in [-0.2, -0.15) is 0 Å². The summed E-state index contributed by atoms with van der Waals surface area (Å²) in [6.45, 7) is 13.1. The van der Waals surface area contributed by atoms with E-state index in [0.717, 1.165) is 38.8 Å². The monoisotopic (exact) mass is 365 g/mol. The van der Waals surface area contributed by atoms with E-state index in [0.29, 0.717) is 42.6 Å². The molecule has 0 aliphatic heterocycles. The van der Waals surface area contributed by atoms with Gasteiger partial charge < -0.3 is 19.1 Å². The number of hydrogen-bond acceptors (Lipinski definition) is 4. The van der Waals surface area contributed by atoms with E-state index in [-0.39, 0.29) is 5.91 Å². The van der Waals surface area contributed by atoms with E-state index in [4.69, 9.17) is 14.2 Å². The summed E-state index contributed by atoms with van der Waals surface area (Å²) < 4.78 is 17.2. The first-order chi connectivity index (χ1) is 12.6. The molecule has 0 saturated carbocycles. The number of ether oxygens (including phenoxy) is 3. The Hall–Kier alpha value is -1.91. The van der Waals surface area contributed by atoms with Crippen LogP contribution in [0.1, 0.15) is 70.7 Å². The van der Waals surface area contributed by atoms with Crippen LogP contribution in [0.15, 0.2) is 12.1 Å². The molecule has 0 bridgehead atoms. The zero-order valence-electron chi connectivity index (χ0n) is 17.1. The molecule has 1 rings (SSSR count). The van der Waals surface area contributed by atoms with Gasteiger partial charge in [-0.15, -0.1) is 0 Å². The van der Waals surface area contributed by atoms with Gasteiger partial charge in [0.25, 0.3) is 5.91 Å². The molecule has 1 amide bonds. The van der Waals surface area contributed by atoms with Gasteiger partial charge in [-0.3, -0.25) is 4.79 Å². The van der Waals surface area contributed by atoms with Crippen molar-refractivity contribution >= 4 is 5.91 Å². The van der Waals surface area contributed by atoms with Crippen molar-refractivity contribution in [2.45, 2.75) is 60.3 Å². The van der Waals surface area contributed by atoms with E-state index in [2.05, 4.69) is 13.8 Å². The molecule has 0 aliphatic rings. The van der Waals surface area contributed by atoms with E-state index < -0.39 is 0 Å². The van der Waals surface area contributed by atoms with Crippen LogP contribution < -0.4 is 14.2 Å². The van der Waals surface area contributed by atoms with Crippen LogP contribution >= 0.6 is 0 Å². The molecule has 0 aliphatic carbocycles. The highest BCUT2D eigenvalue weighted by atomic mass is 16.5. The first-order valence-electron chi connectivity index (χ1n) is 9.98. The fourth-order valence-electron chi connectivity index (χ4n) is 2.71. The van der Waals surface area contributed by atoms with E-state index >= 15 is 0 Å². The number of carbonyl (C=O) groups excluding carboxylic acids is 1. The standard InChI is InChI=1S/C21H35NO4/c1-6-11-13-22(14-12-7-2)21(23)17-15-18(24-8-3)20(26-10-5)19(16-17)25-9-4/h15-16H,6-14H2,1-5H3. The Kier molecular flexibility index (Phi) is 10.6. The third-order valence-electron chi connectivity index (χ3n) is 4.01. The predicted molar refractivity (Wildman–Crippen MR) is 106 cm³/mol. The Labute approximate surface area is 158 Å². The number of unbranched alkanes of at least 4 members (excludes halogenated alkanes) is 2. The molecule has 5 heteroatoms. The first kappa shape index (κ1) is 22.1. The van der Waals surface area contributed by atoms with Crippen LogP contribution in [0.2, 0.25) is 0 Å². The summed E-state index contributed by atoms with van der Waals surface area (Å²) in [6.07, 6.45) is 4.13. The molecule has 0 saturated heterocycles. The van der Waals surface area contributed by atoms with Gasteiger partial charge in [0.2, 0.25) is 5.75 Å². The van der Waals surface area contributed by atoms with Gasteiger partial charge in [0.05, 0.1) is 19.8 Å². The molecular formula is C21H35NO4. The zero-order chi connectivity index (χ0) is 19.4. The van der Waals surface area contributed by atoms with Crippen molar-refractivity contribution in [1.82, 2.24) is 4.90 Å². The largest absolute Gasteiger partial charge is 0.490 e. The number of benzene rings is 1. The fourth-order valence-corrected chi connectivity index (χ4v) is 2.71. The van der Waals surface area contributed by atoms with Crippen molar-refractivity contribution in [3.63, 3.8) is 0 Å². The van der Waals surface area contributed by atoms with Crippen LogP contribution in [0.3, 0.4) is 0 Å². The number of rotatable bonds is 13. The summed E-state index contributed by atoms with van der Waals surface area (Å²) in [6, 6.07) is 3.56. The Morgan fingerprint density at radius 1 is 0.808 bits per heavy atom. The molecule has 0 unspecified atom stereocenters. The Morgan fingerprint density at radius 2 is 1.27 bits per heavy atom. The van der Waals surface area contributed by atoms with Gasteiger partial charge in [-0.05, 0) is 45.7 Å². The van der Waals surface area contributed by atoms with Gasteiger partial charge in [0.15, 0.2) is 11.5 Å². The minimum Gasteiger partial charge on any atom is -0.490 e. The van der Waals surface area contributed by atoms with Crippen molar-refractivity contribution in [2.24, 2.45) is 0 Å². The molecule has 0 N–H and O–H groups in total. The van der Waals surface area contributed by atoms with Crippen LogP contribution in [0.4, 0.5) is 0 Å². The molecule has 1 aromatic carbocycles. The van der Waals surface area contributed by atoms with Gasteiger partial charge in [-0.25, -0.2) is 0 Å². The van der Waals surface area contributed by atoms with E-state index in [1.54, 1.807) is 12.1 Å². The highest BCUT2D eigenvalue weighted by molar-refractivity contribution is 5.95. The van der Waals surface area contributed by atoms with E-state index in [1.165, 1.54) is 0 Å². The highest BCUT2D eigenvalue weighted by Gasteiger charge is 2.21. The van der Waals surface area contributed by atoms with Gasteiger partial charge in [-0.1, -0.05) is 26.7 Å². The maximum Gasteiger partial charge on any atom is 0.254 e. The lowest BCUT2D eigenvalue weighted by atomic mass is 10.1. The second-order valence-electron chi connectivity index (χ2n) is 6.10. The number of carbonyl (C=O) groups is 1. The van der Waals surface area contributed by atoms with Crippen molar-refractivity contribution in [3.8, 4) is 17.2 Å². The summed E-state index contributed by atoms with van der Waals surface area (Å²) in [5.41, 5.74) is 0.590. The summed E-state index contributed by atoms with van der Waals surface area (Å²) >= 11 is 0. The molecule has 26 heavy (non-hydrogen) atoms. The average molecular weight is 366 g/mol. The molecule has 148 valence electrons. The average Bonchev–Trinajstić information content (AvgIpc) is 2.64. The summed E-state index contributed by atoms with van der Waals surface area (Å²) in [4.78, 5) is 15.1. The predicted octanol–water partition coefficient (Wildman–Crippen LogP) is 4.93. The first-order valence-corrected chi connectivity index (χ1v) is 9.98. The quantitative estimate of drug-likeness (QED) is 0.497. The molecule has 5 nitrogen and oxygen atoms in total. The smallest absolute Gasteiger partial charge is 0.254 e. The third-order valence-corrected chi connectivity index (χ3v) is 4.01. The lowest BCUT2D eigenvalue weighted by molar-refractivity contribution is 0.0750. The van der Waals surface area contributed by atoms with Crippen LogP contribution in [0, 0.1) is 0 Å². The molecule has 0 fully saturated rings. The van der Waals surface area contributed by atoms with Crippen LogP contribution in [0.5, 0.6) is 17.2 Å². The Balaban J connectivity index is 3.23. The molecule has 0 aromatic heterocycles. The number of amides is 1. The molecule has 0 spiro atoms. The molecular weight excluding hydrogens is 330 g/mol. The highest BCUT2D eigenvalue weighted by Crippen LogP contribution is 2.39. The zero-order valence-corrected chi connectivity index (χ0v) is 17.1. The summed E-state index contributed by atoms with van der Waals surface area (Å²) in [5.74, 6) is 1.72. The molecule has 0 atom stereocenters.